The van der Waals surface area contributed by atoms with Crippen LogP contribution in [0.15, 0.2) is 23.9 Å². The van der Waals surface area contributed by atoms with Crippen molar-refractivity contribution in [3.63, 3.8) is 0 Å². The van der Waals surface area contributed by atoms with E-state index in [1.54, 1.807) is 0 Å². The highest BCUT2D eigenvalue weighted by Gasteiger charge is 2.18. The number of carbonyl (C=O) groups is 3. The van der Waals surface area contributed by atoms with E-state index >= 15 is 0 Å². The van der Waals surface area contributed by atoms with Crippen molar-refractivity contribution in [3.8, 4) is 0 Å². The zero-order chi connectivity index (χ0) is 10.7. The number of nitrogens with one attached hydrogen (secondary N) is 1. The van der Waals surface area contributed by atoms with Crippen molar-refractivity contribution in [1.29, 1.82) is 0 Å². The number of carbonyl (C=O) groups excluding carboxylic acids is 2. The minimum absolute atomic E-state index is 0.0207. The van der Waals surface area contributed by atoms with E-state index < -0.39 is 17.8 Å². The summed E-state index contributed by atoms with van der Waals surface area (Å²) in [7, 11) is 0. The predicted octanol–water partition coefficient (Wildman–Crippen LogP) is -0.359. The molecule has 5 nitrogen and oxygen atoms in total. The lowest BCUT2D eigenvalue weighted by Crippen LogP contribution is -2.36. The van der Waals surface area contributed by atoms with Gasteiger partial charge in [0.1, 0.15) is 6.04 Å². The van der Waals surface area contributed by atoms with E-state index in [0.29, 0.717) is 0 Å². The minimum atomic E-state index is -1.08. The molecule has 0 spiro atoms. The van der Waals surface area contributed by atoms with Crippen molar-refractivity contribution < 1.29 is 19.5 Å². The molecule has 0 saturated heterocycles. The maximum atomic E-state index is 11.1. The molecule has 5 heteroatoms. The van der Waals surface area contributed by atoms with Gasteiger partial charge in [-0.05, 0) is 19.1 Å². The maximum absolute atomic E-state index is 11.1. The molecule has 0 aromatic heterocycles. The number of hydrogen-bond donors (Lipinski definition) is 2. The number of carboxylic acid groups (broad SMARTS) is 1. The number of carboxylic acids is 1. The Bertz CT molecular complexity index is 354. The van der Waals surface area contributed by atoms with E-state index in [1.807, 2.05) is 0 Å². The molecule has 0 saturated carbocycles. The van der Waals surface area contributed by atoms with Crippen LogP contribution >= 0.6 is 0 Å². The Morgan fingerprint density at radius 2 is 2.07 bits per heavy atom. The summed E-state index contributed by atoms with van der Waals surface area (Å²) < 4.78 is 0. The number of aliphatic carboxylic acids is 1. The average molecular weight is 195 g/mol. The Labute approximate surface area is 80.1 Å². The molecule has 74 valence electrons. The predicted molar refractivity (Wildman–Crippen MR) is 47.5 cm³/mol. The van der Waals surface area contributed by atoms with Gasteiger partial charge in [0.15, 0.2) is 5.78 Å². The van der Waals surface area contributed by atoms with Gasteiger partial charge in [-0.15, -0.1) is 0 Å². The van der Waals surface area contributed by atoms with Crippen molar-refractivity contribution in [2.75, 3.05) is 0 Å². The SMILES string of the molecule is CC(NC1=CC(=O)C=CC1=O)C(=O)O. The van der Waals surface area contributed by atoms with Crippen molar-refractivity contribution >= 4 is 17.5 Å². The van der Waals surface area contributed by atoms with Gasteiger partial charge in [0, 0.05) is 6.08 Å². The molecule has 0 aliphatic heterocycles. The van der Waals surface area contributed by atoms with Crippen molar-refractivity contribution in [3.05, 3.63) is 23.9 Å². The lowest BCUT2D eigenvalue weighted by atomic mass is 10.1. The van der Waals surface area contributed by atoms with E-state index in [4.69, 9.17) is 5.11 Å². The van der Waals surface area contributed by atoms with Crippen molar-refractivity contribution in [1.82, 2.24) is 5.32 Å². The summed E-state index contributed by atoms with van der Waals surface area (Å²) >= 11 is 0. The molecular weight excluding hydrogens is 186 g/mol. The zero-order valence-corrected chi connectivity index (χ0v) is 7.48. The molecule has 1 atom stereocenters. The van der Waals surface area contributed by atoms with Crippen molar-refractivity contribution in [2.24, 2.45) is 0 Å². The number of rotatable bonds is 3. The highest BCUT2D eigenvalue weighted by atomic mass is 16.4. The molecule has 0 aromatic rings. The van der Waals surface area contributed by atoms with Gasteiger partial charge in [-0.1, -0.05) is 0 Å². The van der Waals surface area contributed by atoms with Gasteiger partial charge in [0.2, 0.25) is 5.78 Å². The standard InChI is InChI=1S/C9H9NO4/c1-5(9(13)14)10-7-4-6(11)2-3-8(7)12/h2-5,10H,1H3,(H,13,14). The fourth-order valence-electron chi connectivity index (χ4n) is 0.917. The molecule has 1 unspecified atom stereocenters. The average Bonchev–Trinajstić information content (AvgIpc) is 2.11. The zero-order valence-electron chi connectivity index (χ0n) is 7.48. The van der Waals surface area contributed by atoms with E-state index in [9.17, 15) is 14.4 Å². The van der Waals surface area contributed by atoms with Crippen LogP contribution in [-0.4, -0.2) is 28.7 Å². The molecule has 0 fully saturated rings. The third kappa shape index (κ3) is 2.29. The highest BCUT2D eigenvalue weighted by Crippen LogP contribution is 2.03. The first-order chi connectivity index (χ1) is 6.50. The summed E-state index contributed by atoms with van der Waals surface area (Å²) in [5.74, 6) is -1.80. The van der Waals surface area contributed by atoms with Crippen LogP contribution in [0.5, 0.6) is 0 Å². The van der Waals surface area contributed by atoms with Crippen LogP contribution in [0, 0.1) is 0 Å². The van der Waals surface area contributed by atoms with Crippen LogP contribution in [0.3, 0.4) is 0 Å². The van der Waals surface area contributed by atoms with Crippen molar-refractivity contribution in [2.45, 2.75) is 13.0 Å². The molecule has 0 amide bonds. The first-order valence-electron chi connectivity index (χ1n) is 3.98. The first kappa shape index (κ1) is 10.2. The molecule has 1 aliphatic carbocycles. The lowest BCUT2D eigenvalue weighted by molar-refractivity contribution is -0.138. The third-order valence-electron chi connectivity index (χ3n) is 1.69. The van der Waals surface area contributed by atoms with Crippen LogP contribution in [0.2, 0.25) is 0 Å². The molecule has 1 aliphatic rings. The molecule has 14 heavy (non-hydrogen) atoms. The Morgan fingerprint density at radius 3 is 2.64 bits per heavy atom. The van der Waals surface area contributed by atoms with E-state index in [0.717, 1.165) is 18.2 Å². The summed E-state index contributed by atoms with van der Waals surface area (Å²) in [5.41, 5.74) is 0.0207. The second-order valence-corrected chi connectivity index (χ2v) is 2.86. The van der Waals surface area contributed by atoms with E-state index in [1.165, 1.54) is 6.92 Å². The Hall–Kier alpha value is -1.91. The number of hydrogen-bond acceptors (Lipinski definition) is 4. The van der Waals surface area contributed by atoms with Gasteiger partial charge in [0.25, 0.3) is 0 Å². The van der Waals surface area contributed by atoms with Gasteiger partial charge in [-0.2, -0.15) is 0 Å². The fraction of sp³-hybridized carbons (Fsp3) is 0.222. The summed E-state index contributed by atoms with van der Waals surface area (Å²) in [6.45, 7) is 1.39. The Balaban J connectivity index is 2.73. The van der Waals surface area contributed by atoms with Gasteiger partial charge >= 0.3 is 5.97 Å². The molecule has 0 bridgehead atoms. The molecule has 1 rings (SSSR count). The smallest absolute Gasteiger partial charge is 0.325 e. The third-order valence-corrected chi connectivity index (χ3v) is 1.69. The monoisotopic (exact) mass is 195 g/mol. The Kier molecular flexibility index (Phi) is 2.81. The molecule has 0 aromatic carbocycles. The molecule has 2 N–H and O–H groups in total. The molecule has 0 heterocycles. The summed E-state index contributed by atoms with van der Waals surface area (Å²) in [6.07, 6.45) is 3.33. The quantitative estimate of drug-likeness (QED) is 0.601. The molecule has 0 radical (unpaired) electrons. The highest BCUT2D eigenvalue weighted by molar-refractivity contribution is 6.17. The second kappa shape index (κ2) is 3.87. The minimum Gasteiger partial charge on any atom is -0.480 e. The Morgan fingerprint density at radius 1 is 1.43 bits per heavy atom. The van der Waals surface area contributed by atoms with Gasteiger partial charge in [-0.3, -0.25) is 14.4 Å². The van der Waals surface area contributed by atoms with Crippen LogP contribution in [0.4, 0.5) is 0 Å². The summed E-state index contributed by atoms with van der Waals surface area (Å²) in [4.78, 5) is 32.5. The second-order valence-electron chi connectivity index (χ2n) is 2.86. The maximum Gasteiger partial charge on any atom is 0.325 e. The van der Waals surface area contributed by atoms with Crippen LogP contribution < -0.4 is 5.32 Å². The van der Waals surface area contributed by atoms with Gasteiger partial charge in [-0.25, -0.2) is 0 Å². The number of ketones is 2. The van der Waals surface area contributed by atoms with Crippen LogP contribution in [-0.2, 0) is 14.4 Å². The lowest BCUT2D eigenvalue weighted by Gasteiger charge is -2.13. The van der Waals surface area contributed by atoms with E-state index in [-0.39, 0.29) is 11.5 Å². The van der Waals surface area contributed by atoms with E-state index in [2.05, 4.69) is 5.32 Å². The van der Waals surface area contributed by atoms with Gasteiger partial charge < -0.3 is 10.4 Å². The summed E-state index contributed by atoms with van der Waals surface area (Å²) in [6, 6.07) is -0.899. The molecular formula is C9H9NO4. The first-order valence-corrected chi connectivity index (χ1v) is 3.98. The van der Waals surface area contributed by atoms with Crippen LogP contribution in [0.25, 0.3) is 0 Å². The summed E-state index contributed by atoms with van der Waals surface area (Å²) in [5, 5.41) is 11.0. The topological polar surface area (TPSA) is 83.5 Å². The van der Waals surface area contributed by atoms with Gasteiger partial charge in [0.05, 0.1) is 5.70 Å². The number of allylic oxidation sites excluding steroid dienone is 3. The normalized spacial score (nSPS) is 17.6. The largest absolute Gasteiger partial charge is 0.480 e. The fourth-order valence-corrected chi connectivity index (χ4v) is 0.917. The van der Waals surface area contributed by atoms with Crippen LogP contribution in [0.1, 0.15) is 6.92 Å².